The summed E-state index contributed by atoms with van der Waals surface area (Å²) in [6.45, 7) is 3.57. The molecule has 0 spiro atoms. The minimum Gasteiger partial charge on any atom is -0.506 e. The Morgan fingerprint density at radius 2 is 2.24 bits per heavy atom. The van der Waals surface area contributed by atoms with Gasteiger partial charge in [0.05, 0.1) is 17.3 Å². The normalized spacial score (nSPS) is 10.5. The summed E-state index contributed by atoms with van der Waals surface area (Å²) >= 11 is 5.83. The van der Waals surface area contributed by atoms with Crippen molar-refractivity contribution in [3.8, 4) is 5.75 Å². The zero-order chi connectivity index (χ0) is 12.3. The molecule has 1 heterocycles. The molecule has 0 aliphatic carbocycles. The van der Waals surface area contributed by atoms with Crippen LogP contribution in [0.1, 0.15) is 12.6 Å². The largest absolute Gasteiger partial charge is 0.506 e. The lowest BCUT2D eigenvalue weighted by Crippen LogP contribution is -2.07. The summed E-state index contributed by atoms with van der Waals surface area (Å²) in [5, 5.41) is 17.1. The second kappa shape index (κ2) is 5.10. The third-order valence-corrected chi connectivity index (χ3v) is 2.83. The fourth-order valence-corrected chi connectivity index (χ4v) is 1.78. The molecular weight excluding hydrogens is 238 g/mol. The highest BCUT2D eigenvalue weighted by Gasteiger charge is 2.02. The van der Waals surface area contributed by atoms with Crippen molar-refractivity contribution in [3.63, 3.8) is 0 Å². The Kier molecular flexibility index (Phi) is 3.54. The van der Waals surface area contributed by atoms with Gasteiger partial charge in [0.2, 0.25) is 0 Å². The highest BCUT2D eigenvalue weighted by molar-refractivity contribution is 6.32. The van der Waals surface area contributed by atoms with E-state index < -0.39 is 0 Å². The lowest BCUT2D eigenvalue weighted by atomic mass is 10.3. The highest BCUT2D eigenvalue weighted by Crippen LogP contribution is 2.26. The third-order valence-electron chi connectivity index (χ3n) is 2.53. The van der Waals surface area contributed by atoms with Gasteiger partial charge in [0, 0.05) is 18.4 Å². The van der Waals surface area contributed by atoms with Crippen LogP contribution in [0.5, 0.6) is 5.75 Å². The van der Waals surface area contributed by atoms with Crippen LogP contribution < -0.4 is 5.32 Å². The molecule has 0 saturated heterocycles. The average molecular weight is 252 g/mol. The number of hydrogen-bond acceptors (Lipinski definition) is 3. The molecule has 0 bridgehead atoms. The minimum absolute atomic E-state index is 0.0933. The number of phenols is 1. The van der Waals surface area contributed by atoms with Gasteiger partial charge in [0.15, 0.2) is 0 Å². The molecule has 0 fully saturated rings. The van der Waals surface area contributed by atoms with Crippen molar-refractivity contribution in [2.24, 2.45) is 0 Å². The summed E-state index contributed by atoms with van der Waals surface area (Å²) in [6, 6.07) is 7.03. The number of aromatic nitrogens is 2. The van der Waals surface area contributed by atoms with E-state index in [4.69, 9.17) is 11.6 Å². The molecule has 0 atom stereocenters. The van der Waals surface area contributed by atoms with Crippen LogP contribution in [0.4, 0.5) is 5.69 Å². The Morgan fingerprint density at radius 1 is 1.41 bits per heavy atom. The molecule has 0 saturated carbocycles. The molecule has 90 valence electrons. The van der Waals surface area contributed by atoms with E-state index in [1.807, 2.05) is 17.7 Å². The SMILES string of the molecule is CCn1nccc1CNc1ccc(O)c(Cl)c1. The first-order chi connectivity index (χ1) is 8.20. The first-order valence-corrected chi connectivity index (χ1v) is 5.81. The predicted molar refractivity (Wildman–Crippen MR) is 68.3 cm³/mol. The Balaban J connectivity index is 2.05. The maximum Gasteiger partial charge on any atom is 0.134 e. The van der Waals surface area contributed by atoms with Crippen molar-refractivity contribution >= 4 is 17.3 Å². The van der Waals surface area contributed by atoms with Gasteiger partial charge in [-0.2, -0.15) is 5.10 Å². The maximum absolute atomic E-state index is 9.30. The van der Waals surface area contributed by atoms with E-state index in [-0.39, 0.29) is 5.75 Å². The number of benzene rings is 1. The van der Waals surface area contributed by atoms with Gasteiger partial charge >= 0.3 is 0 Å². The first kappa shape index (κ1) is 11.8. The molecule has 4 nitrogen and oxygen atoms in total. The molecule has 2 aromatic rings. The smallest absolute Gasteiger partial charge is 0.134 e. The molecule has 0 unspecified atom stereocenters. The average Bonchev–Trinajstić information content (AvgIpc) is 2.78. The zero-order valence-electron chi connectivity index (χ0n) is 9.52. The standard InChI is InChI=1S/C12H14ClN3O/c1-2-16-10(5-6-15-16)8-14-9-3-4-12(17)11(13)7-9/h3-7,14,17H,2,8H2,1H3. The molecule has 1 aromatic heterocycles. The van der Waals surface area contributed by atoms with Crippen LogP contribution in [0.3, 0.4) is 0 Å². The van der Waals surface area contributed by atoms with Crippen molar-refractivity contribution in [2.75, 3.05) is 5.32 Å². The van der Waals surface area contributed by atoms with E-state index in [0.29, 0.717) is 11.6 Å². The topological polar surface area (TPSA) is 50.1 Å². The van der Waals surface area contributed by atoms with Gasteiger partial charge in [0.25, 0.3) is 0 Å². The molecule has 1 aromatic carbocycles. The van der Waals surface area contributed by atoms with Gasteiger partial charge < -0.3 is 10.4 Å². The predicted octanol–water partition coefficient (Wildman–Crippen LogP) is 2.87. The number of aryl methyl sites for hydroxylation is 1. The quantitative estimate of drug-likeness (QED) is 0.822. The van der Waals surface area contributed by atoms with Gasteiger partial charge in [-0.3, -0.25) is 4.68 Å². The summed E-state index contributed by atoms with van der Waals surface area (Å²) in [5.41, 5.74) is 1.98. The van der Waals surface area contributed by atoms with Gasteiger partial charge in [0.1, 0.15) is 5.75 Å². The molecule has 0 radical (unpaired) electrons. The molecule has 0 aliphatic heterocycles. The number of phenolic OH excluding ortho intramolecular Hbond substituents is 1. The lowest BCUT2D eigenvalue weighted by molar-refractivity contribution is 0.475. The highest BCUT2D eigenvalue weighted by atomic mass is 35.5. The minimum atomic E-state index is 0.0933. The monoisotopic (exact) mass is 251 g/mol. The third kappa shape index (κ3) is 2.71. The van der Waals surface area contributed by atoms with Crippen LogP contribution >= 0.6 is 11.6 Å². The number of nitrogens with zero attached hydrogens (tertiary/aromatic N) is 2. The molecule has 0 amide bonds. The van der Waals surface area contributed by atoms with Gasteiger partial charge in [-0.15, -0.1) is 0 Å². The number of hydrogen-bond donors (Lipinski definition) is 2. The Labute approximate surface area is 105 Å². The van der Waals surface area contributed by atoms with Crippen molar-refractivity contribution in [2.45, 2.75) is 20.0 Å². The van der Waals surface area contributed by atoms with Crippen LogP contribution in [0.2, 0.25) is 5.02 Å². The van der Waals surface area contributed by atoms with Gasteiger partial charge in [-0.05, 0) is 31.2 Å². The van der Waals surface area contributed by atoms with Crippen LogP contribution in [0.25, 0.3) is 0 Å². The van der Waals surface area contributed by atoms with Crippen LogP contribution in [-0.2, 0) is 13.1 Å². The summed E-state index contributed by atoms with van der Waals surface area (Å²) in [4.78, 5) is 0. The van der Waals surface area contributed by atoms with Crippen molar-refractivity contribution in [3.05, 3.63) is 41.2 Å². The van der Waals surface area contributed by atoms with Gasteiger partial charge in [-0.1, -0.05) is 11.6 Å². The van der Waals surface area contributed by atoms with Gasteiger partial charge in [-0.25, -0.2) is 0 Å². The number of halogens is 1. The second-order valence-electron chi connectivity index (χ2n) is 3.66. The van der Waals surface area contributed by atoms with E-state index >= 15 is 0 Å². The molecule has 0 aliphatic rings. The lowest BCUT2D eigenvalue weighted by Gasteiger charge is -2.08. The van der Waals surface area contributed by atoms with E-state index in [9.17, 15) is 5.11 Å². The summed E-state index contributed by atoms with van der Waals surface area (Å²) in [7, 11) is 0. The number of nitrogens with one attached hydrogen (secondary N) is 1. The Bertz CT molecular complexity index is 510. The van der Waals surface area contributed by atoms with E-state index in [0.717, 1.165) is 17.9 Å². The van der Waals surface area contributed by atoms with Crippen molar-refractivity contribution in [1.29, 1.82) is 0 Å². The van der Waals surface area contributed by atoms with E-state index in [2.05, 4.69) is 10.4 Å². The van der Waals surface area contributed by atoms with Crippen molar-refractivity contribution in [1.82, 2.24) is 9.78 Å². The number of anilines is 1. The second-order valence-corrected chi connectivity index (χ2v) is 4.07. The fraction of sp³-hybridized carbons (Fsp3) is 0.250. The summed E-state index contributed by atoms with van der Waals surface area (Å²) in [6.07, 6.45) is 1.78. The number of rotatable bonds is 4. The molecular formula is C12H14ClN3O. The molecule has 2 N–H and O–H groups in total. The fourth-order valence-electron chi connectivity index (χ4n) is 1.60. The maximum atomic E-state index is 9.30. The van der Waals surface area contributed by atoms with Crippen LogP contribution in [-0.4, -0.2) is 14.9 Å². The first-order valence-electron chi connectivity index (χ1n) is 5.43. The zero-order valence-corrected chi connectivity index (χ0v) is 10.3. The van der Waals surface area contributed by atoms with Crippen molar-refractivity contribution < 1.29 is 5.11 Å². The summed E-state index contributed by atoms with van der Waals surface area (Å²) in [5.74, 6) is 0.0933. The summed E-state index contributed by atoms with van der Waals surface area (Å²) < 4.78 is 1.93. The Morgan fingerprint density at radius 3 is 2.94 bits per heavy atom. The molecule has 5 heteroatoms. The van der Waals surface area contributed by atoms with E-state index in [1.165, 1.54) is 0 Å². The molecule has 17 heavy (non-hydrogen) atoms. The van der Waals surface area contributed by atoms with E-state index in [1.54, 1.807) is 24.4 Å². The molecule has 2 rings (SSSR count). The number of aromatic hydroxyl groups is 1. The van der Waals surface area contributed by atoms with Crippen LogP contribution in [0, 0.1) is 0 Å². The Hall–Kier alpha value is -1.68. The van der Waals surface area contributed by atoms with Crippen LogP contribution in [0.15, 0.2) is 30.5 Å².